The average Bonchev–Trinajstić information content (AvgIpc) is 3.03. The maximum absolute atomic E-state index is 14.3. The number of rotatable bonds is 10. The molecule has 230 valence electrons. The number of carbonyl (C=O) groups excluding carboxylic acids is 2. The molecule has 0 spiro atoms. The molecule has 0 bridgehead atoms. The Morgan fingerprint density at radius 1 is 0.977 bits per heavy atom. The Morgan fingerprint density at radius 3 is 2.19 bits per heavy atom. The van der Waals surface area contributed by atoms with E-state index in [4.69, 9.17) is 5.21 Å². The maximum Gasteiger partial charge on any atom is 0.278 e. The van der Waals surface area contributed by atoms with Gasteiger partial charge in [0, 0.05) is 24.5 Å². The summed E-state index contributed by atoms with van der Waals surface area (Å²) in [6.07, 6.45) is 7.34. The third kappa shape index (κ3) is 7.25. The Hall–Kier alpha value is -3.75. The van der Waals surface area contributed by atoms with Crippen LogP contribution in [0.2, 0.25) is 0 Å². The molecular weight excluding hydrogens is 595 g/mol. The minimum Gasteiger partial charge on any atom is -0.507 e. The van der Waals surface area contributed by atoms with Crippen LogP contribution in [0.3, 0.4) is 0 Å². The first kappa shape index (κ1) is 32.2. The van der Waals surface area contributed by atoms with Gasteiger partial charge in [-0.15, -0.1) is 0 Å². The van der Waals surface area contributed by atoms with Crippen molar-refractivity contribution < 1.29 is 41.9 Å². The van der Waals surface area contributed by atoms with Crippen LogP contribution in [0.5, 0.6) is 5.75 Å². The lowest BCUT2D eigenvalue weighted by atomic mass is 9.85. The number of anilines is 1. The van der Waals surface area contributed by atoms with Gasteiger partial charge in [-0.2, -0.15) is 0 Å². The molecule has 3 aromatic rings. The molecule has 43 heavy (non-hydrogen) atoms. The topological polar surface area (TPSA) is 106 Å². The highest BCUT2D eigenvalue weighted by atomic mass is 32.2. The zero-order valence-electron chi connectivity index (χ0n) is 23.0. The average molecular weight is 625 g/mol. The van der Waals surface area contributed by atoms with Crippen molar-refractivity contribution in [2.24, 2.45) is 0 Å². The van der Waals surface area contributed by atoms with Crippen molar-refractivity contribution >= 4 is 29.4 Å². The van der Waals surface area contributed by atoms with Crippen molar-refractivity contribution in [3.05, 3.63) is 82.4 Å². The van der Waals surface area contributed by atoms with Gasteiger partial charge in [-0.05, 0) is 54.5 Å². The largest absolute Gasteiger partial charge is 0.507 e. The molecule has 0 radical (unpaired) electrons. The smallest absolute Gasteiger partial charge is 0.278 e. The van der Waals surface area contributed by atoms with Crippen LogP contribution in [0, 0.1) is 29.1 Å². The zero-order chi connectivity index (χ0) is 31.3. The number of hydrogen-bond acceptors (Lipinski definition) is 7. The zero-order valence-corrected chi connectivity index (χ0v) is 23.9. The molecular formula is C29H29F5N4O4S. The van der Waals surface area contributed by atoms with E-state index in [2.05, 4.69) is 4.98 Å². The summed E-state index contributed by atoms with van der Waals surface area (Å²) in [4.78, 5) is 30.0. The summed E-state index contributed by atoms with van der Waals surface area (Å²) in [6, 6.07) is 7.33. The number of likely N-dealkylation sites (N-methyl/N-ethyl adjacent to an activating group) is 1. The van der Waals surface area contributed by atoms with Crippen molar-refractivity contribution in [1.29, 1.82) is 0 Å². The lowest BCUT2D eigenvalue weighted by Gasteiger charge is -2.27. The fourth-order valence-electron chi connectivity index (χ4n) is 4.87. The van der Waals surface area contributed by atoms with Crippen LogP contribution >= 0.6 is 11.9 Å². The molecule has 14 heteroatoms. The monoisotopic (exact) mass is 624 g/mol. The maximum atomic E-state index is 14.3. The Kier molecular flexibility index (Phi) is 10.6. The van der Waals surface area contributed by atoms with E-state index in [1.165, 1.54) is 35.9 Å². The van der Waals surface area contributed by atoms with Crippen molar-refractivity contribution in [3.8, 4) is 5.75 Å². The molecule has 0 atom stereocenters. The highest BCUT2D eigenvalue weighted by Crippen LogP contribution is 2.34. The molecule has 4 rings (SSSR count). The second-order valence-corrected chi connectivity index (χ2v) is 11.1. The van der Waals surface area contributed by atoms with Crippen LogP contribution in [-0.2, 0) is 11.3 Å². The van der Waals surface area contributed by atoms with E-state index in [9.17, 15) is 36.6 Å². The van der Waals surface area contributed by atoms with E-state index in [0.717, 1.165) is 41.6 Å². The van der Waals surface area contributed by atoms with Gasteiger partial charge in [0.1, 0.15) is 10.6 Å². The van der Waals surface area contributed by atoms with Gasteiger partial charge in [0.2, 0.25) is 11.7 Å². The Labute approximate surface area is 248 Å². The van der Waals surface area contributed by atoms with Crippen LogP contribution in [0.15, 0.2) is 41.4 Å². The molecule has 1 aromatic heterocycles. The third-order valence-corrected chi connectivity index (χ3v) is 8.43. The molecule has 2 amide bonds. The fourth-order valence-corrected chi connectivity index (χ4v) is 5.77. The standard InChI is InChI=1S/C29H29F5N4O4S/c1-2-37(43-28-26(33)24(31)23(30)25(32)27(28)34)15-22(40)38(19-10-11-20(21(39)12-19)29(41)36-42)14-18-9-8-17(13-35-18)16-6-4-3-5-7-16/h8-13,16,39,42H,2-7,14-15H2,1H3,(H,36,41). The molecule has 2 aromatic carbocycles. The van der Waals surface area contributed by atoms with Gasteiger partial charge in [-0.3, -0.25) is 19.8 Å². The number of halogens is 5. The molecule has 0 unspecified atom stereocenters. The van der Waals surface area contributed by atoms with E-state index in [1.807, 2.05) is 6.07 Å². The molecule has 0 saturated heterocycles. The van der Waals surface area contributed by atoms with Crippen molar-refractivity contribution in [2.75, 3.05) is 18.0 Å². The van der Waals surface area contributed by atoms with E-state index >= 15 is 0 Å². The highest BCUT2D eigenvalue weighted by molar-refractivity contribution is 7.97. The van der Waals surface area contributed by atoms with Crippen molar-refractivity contribution in [2.45, 2.75) is 56.4 Å². The normalized spacial score (nSPS) is 13.8. The Balaban J connectivity index is 1.62. The minimum absolute atomic E-state index is 0.0288. The number of pyridine rings is 1. The summed E-state index contributed by atoms with van der Waals surface area (Å²) in [5.74, 6) is -12.3. The number of nitrogens with zero attached hydrogens (tertiary/aromatic N) is 3. The van der Waals surface area contributed by atoms with Crippen LogP contribution in [0.25, 0.3) is 0 Å². The molecule has 0 aliphatic heterocycles. The summed E-state index contributed by atoms with van der Waals surface area (Å²) in [5.41, 5.74) is 2.80. The summed E-state index contributed by atoms with van der Waals surface area (Å²) >= 11 is 0.200. The summed E-state index contributed by atoms with van der Waals surface area (Å²) < 4.78 is 70.8. The van der Waals surface area contributed by atoms with Crippen molar-refractivity contribution in [3.63, 3.8) is 0 Å². The second-order valence-electron chi connectivity index (χ2n) is 9.99. The number of nitrogens with one attached hydrogen (secondary N) is 1. The molecule has 1 fully saturated rings. The highest BCUT2D eigenvalue weighted by Gasteiger charge is 2.29. The second kappa shape index (κ2) is 14.1. The number of aromatic hydroxyl groups is 1. The minimum atomic E-state index is -2.29. The SMILES string of the molecule is CCN(CC(=O)N(Cc1ccc(C2CCCCC2)cn1)c1ccc(C(=O)NO)c(O)c1)Sc1c(F)c(F)c(F)c(F)c1F. The van der Waals surface area contributed by atoms with Gasteiger partial charge in [-0.1, -0.05) is 32.3 Å². The van der Waals surface area contributed by atoms with Crippen LogP contribution in [-0.4, -0.2) is 44.5 Å². The Bertz CT molecular complexity index is 1460. The predicted octanol–water partition coefficient (Wildman–Crippen LogP) is 6.21. The third-order valence-electron chi connectivity index (χ3n) is 7.24. The fraction of sp³-hybridized carbons (Fsp3) is 0.345. The molecule has 8 nitrogen and oxygen atoms in total. The van der Waals surface area contributed by atoms with Crippen molar-refractivity contribution in [1.82, 2.24) is 14.8 Å². The first-order valence-corrected chi connectivity index (χ1v) is 14.3. The van der Waals surface area contributed by atoms with Gasteiger partial charge < -0.3 is 10.0 Å². The number of benzene rings is 2. The quantitative estimate of drug-likeness (QED) is 0.0615. The first-order valence-electron chi connectivity index (χ1n) is 13.5. The Morgan fingerprint density at radius 2 is 1.63 bits per heavy atom. The van der Waals surface area contributed by atoms with Gasteiger partial charge in [0.15, 0.2) is 23.3 Å². The number of hydrogen-bond donors (Lipinski definition) is 3. The lowest BCUT2D eigenvalue weighted by molar-refractivity contribution is -0.118. The predicted molar refractivity (Wildman–Crippen MR) is 148 cm³/mol. The van der Waals surface area contributed by atoms with Gasteiger partial charge in [0.25, 0.3) is 5.91 Å². The first-order chi connectivity index (χ1) is 20.5. The van der Waals surface area contributed by atoms with Crippen LogP contribution < -0.4 is 10.4 Å². The van der Waals surface area contributed by atoms with Crippen LogP contribution in [0.4, 0.5) is 27.6 Å². The molecule has 1 aliphatic rings. The molecule has 1 heterocycles. The number of amides is 2. The van der Waals surface area contributed by atoms with Gasteiger partial charge in [-0.25, -0.2) is 31.7 Å². The van der Waals surface area contributed by atoms with Crippen LogP contribution in [0.1, 0.15) is 66.6 Å². The summed E-state index contributed by atoms with van der Waals surface area (Å²) in [6.45, 7) is 0.842. The van der Waals surface area contributed by atoms with E-state index in [-0.39, 0.29) is 36.3 Å². The summed E-state index contributed by atoms with van der Waals surface area (Å²) in [5, 5.41) is 19.3. The molecule has 3 N–H and O–H groups in total. The number of phenolic OH excluding ortho intramolecular Hbond substituents is 1. The number of hydroxylamine groups is 1. The molecule has 1 aliphatic carbocycles. The number of phenols is 1. The number of carbonyl (C=O) groups is 2. The van der Waals surface area contributed by atoms with E-state index in [0.29, 0.717) is 11.6 Å². The van der Waals surface area contributed by atoms with Gasteiger partial charge >= 0.3 is 0 Å². The summed E-state index contributed by atoms with van der Waals surface area (Å²) in [7, 11) is 0. The lowest BCUT2D eigenvalue weighted by Crippen LogP contribution is -2.38. The molecule has 1 saturated carbocycles. The van der Waals surface area contributed by atoms with E-state index < -0.39 is 58.1 Å². The van der Waals surface area contributed by atoms with E-state index in [1.54, 1.807) is 12.3 Å². The van der Waals surface area contributed by atoms with Gasteiger partial charge in [0.05, 0.1) is 24.3 Å². The number of aromatic nitrogens is 1.